The summed E-state index contributed by atoms with van der Waals surface area (Å²) < 4.78 is 5.17. The third kappa shape index (κ3) is 2.42. The zero-order chi connectivity index (χ0) is 10.5. The lowest BCUT2D eigenvalue weighted by molar-refractivity contribution is 0.459. The van der Waals surface area contributed by atoms with Gasteiger partial charge in [0.2, 0.25) is 0 Å². The maximum absolute atomic E-state index is 5.60. The van der Waals surface area contributed by atoms with Crippen LogP contribution < -0.4 is 5.32 Å². The highest BCUT2D eigenvalue weighted by atomic mass is 35.5. The summed E-state index contributed by atoms with van der Waals surface area (Å²) in [7, 11) is 0. The number of fused-ring (bicyclic) bond motifs is 1. The van der Waals surface area contributed by atoms with Crippen LogP contribution in [0.15, 0.2) is 28.8 Å². The Kier molecular flexibility index (Phi) is 3.45. The number of rotatable bonds is 5. The normalized spacial score (nSPS) is 10.7. The Balaban J connectivity index is 2.02. The standard InChI is InChI=1S/C11H13ClN2O/c12-7-3-4-8-13-11-9-5-1-2-6-10(9)15-14-11/h1-2,5-6H,3-4,7-8H2,(H,13,14). The van der Waals surface area contributed by atoms with Crippen LogP contribution >= 0.6 is 11.6 Å². The Labute approximate surface area is 93.4 Å². The summed E-state index contributed by atoms with van der Waals surface area (Å²) in [5.74, 6) is 1.53. The van der Waals surface area contributed by atoms with E-state index in [1.165, 1.54) is 0 Å². The lowest BCUT2D eigenvalue weighted by Crippen LogP contribution is -2.01. The highest BCUT2D eigenvalue weighted by Crippen LogP contribution is 2.21. The molecule has 0 atom stereocenters. The van der Waals surface area contributed by atoms with E-state index in [4.69, 9.17) is 16.1 Å². The summed E-state index contributed by atoms with van der Waals surface area (Å²) in [6.07, 6.45) is 2.06. The monoisotopic (exact) mass is 224 g/mol. The maximum atomic E-state index is 5.60. The van der Waals surface area contributed by atoms with Crippen molar-refractivity contribution in [1.82, 2.24) is 5.16 Å². The van der Waals surface area contributed by atoms with Gasteiger partial charge in [-0.05, 0) is 25.0 Å². The number of alkyl halides is 1. The third-order valence-electron chi connectivity index (χ3n) is 2.23. The lowest BCUT2D eigenvalue weighted by atomic mass is 10.2. The van der Waals surface area contributed by atoms with E-state index in [-0.39, 0.29) is 0 Å². The van der Waals surface area contributed by atoms with E-state index < -0.39 is 0 Å². The average molecular weight is 225 g/mol. The number of aromatic nitrogens is 1. The number of anilines is 1. The lowest BCUT2D eigenvalue weighted by Gasteiger charge is -2.00. The zero-order valence-corrected chi connectivity index (χ0v) is 9.13. The second-order valence-corrected chi connectivity index (χ2v) is 3.73. The van der Waals surface area contributed by atoms with Crippen molar-refractivity contribution in [3.05, 3.63) is 24.3 Å². The topological polar surface area (TPSA) is 38.1 Å². The Bertz CT molecular complexity index is 427. The van der Waals surface area contributed by atoms with E-state index in [9.17, 15) is 0 Å². The first-order valence-corrected chi connectivity index (χ1v) is 5.59. The number of unbranched alkanes of at least 4 members (excludes halogenated alkanes) is 1. The van der Waals surface area contributed by atoms with Crippen molar-refractivity contribution < 1.29 is 4.52 Å². The predicted octanol–water partition coefficient (Wildman–Crippen LogP) is 3.26. The van der Waals surface area contributed by atoms with Gasteiger partial charge >= 0.3 is 0 Å². The Morgan fingerprint density at radius 1 is 1.27 bits per heavy atom. The highest BCUT2D eigenvalue weighted by Gasteiger charge is 2.05. The number of benzene rings is 1. The van der Waals surface area contributed by atoms with E-state index in [2.05, 4.69) is 10.5 Å². The molecule has 0 aliphatic rings. The van der Waals surface area contributed by atoms with Gasteiger partial charge in [-0.1, -0.05) is 17.3 Å². The van der Waals surface area contributed by atoms with Crippen molar-refractivity contribution in [3.8, 4) is 0 Å². The molecule has 1 N–H and O–H groups in total. The van der Waals surface area contributed by atoms with Crippen LogP contribution in [-0.4, -0.2) is 17.6 Å². The summed E-state index contributed by atoms with van der Waals surface area (Å²) >= 11 is 5.60. The second-order valence-electron chi connectivity index (χ2n) is 3.35. The molecule has 1 aromatic heterocycles. The van der Waals surface area contributed by atoms with Gasteiger partial charge in [-0.25, -0.2) is 0 Å². The predicted molar refractivity (Wildman–Crippen MR) is 62.5 cm³/mol. The number of nitrogens with one attached hydrogen (secondary N) is 1. The van der Waals surface area contributed by atoms with Crippen LogP contribution in [0.5, 0.6) is 0 Å². The summed E-state index contributed by atoms with van der Waals surface area (Å²) in [6, 6.07) is 7.82. The number of halogens is 1. The smallest absolute Gasteiger partial charge is 0.177 e. The van der Waals surface area contributed by atoms with Crippen molar-refractivity contribution in [3.63, 3.8) is 0 Å². The van der Waals surface area contributed by atoms with Crippen molar-refractivity contribution in [2.24, 2.45) is 0 Å². The molecule has 0 saturated heterocycles. The van der Waals surface area contributed by atoms with Gasteiger partial charge in [-0.3, -0.25) is 0 Å². The molecular weight excluding hydrogens is 212 g/mol. The third-order valence-corrected chi connectivity index (χ3v) is 2.50. The molecule has 0 aliphatic carbocycles. The van der Waals surface area contributed by atoms with Crippen molar-refractivity contribution >= 4 is 28.4 Å². The first-order chi connectivity index (χ1) is 7.42. The van der Waals surface area contributed by atoms with Crippen LogP contribution in [0.3, 0.4) is 0 Å². The van der Waals surface area contributed by atoms with Crippen LogP contribution in [-0.2, 0) is 0 Å². The van der Waals surface area contributed by atoms with E-state index in [1.807, 2.05) is 24.3 Å². The molecule has 15 heavy (non-hydrogen) atoms. The molecule has 80 valence electrons. The number of nitrogens with zero attached hydrogens (tertiary/aromatic N) is 1. The van der Waals surface area contributed by atoms with Crippen LogP contribution in [0.25, 0.3) is 11.0 Å². The number of hydrogen-bond acceptors (Lipinski definition) is 3. The summed E-state index contributed by atoms with van der Waals surface area (Å²) in [4.78, 5) is 0. The zero-order valence-electron chi connectivity index (χ0n) is 8.37. The molecule has 1 aromatic carbocycles. The summed E-state index contributed by atoms with van der Waals surface area (Å²) in [5.41, 5.74) is 0.817. The molecule has 0 amide bonds. The maximum Gasteiger partial charge on any atom is 0.177 e. The van der Waals surface area contributed by atoms with Crippen molar-refractivity contribution in [2.75, 3.05) is 17.7 Å². The van der Waals surface area contributed by atoms with Crippen LogP contribution in [0, 0.1) is 0 Å². The molecule has 1 heterocycles. The molecule has 0 fully saturated rings. The molecule has 0 aliphatic heterocycles. The van der Waals surface area contributed by atoms with E-state index in [1.54, 1.807) is 0 Å². The fourth-order valence-corrected chi connectivity index (χ4v) is 1.63. The van der Waals surface area contributed by atoms with Gasteiger partial charge in [0.05, 0.1) is 5.39 Å². The Hall–Kier alpha value is -1.22. The van der Waals surface area contributed by atoms with E-state index in [0.717, 1.165) is 36.2 Å². The largest absolute Gasteiger partial charge is 0.367 e. The van der Waals surface area contributed by atoms with Gasteiger partial charge in [0.1, 0.15) is 0 Å². The highest BCUT2D eigenvalue weighted by molar-refractivity contribution is 6.17. The molecule has 0 spiro atoms. The van der Waals surface area contributed by atoms with Gasteiger partial charge in [0.25, 0.3) is 0 Å². The van der Waals surface area contributed by atoms with Crippen LogP contribution in [0.2, 0.25) is 0 Å². The van der Waals surface area contributed by atoms with Crippen molar-refractivity contribution in [2.45, 2.75) is 12.8 Å². The van der Waals surface area contributed by atoms with Gasteiger partial charge < -0.3 is 9.84 Å². The molecule has 0 saturated carbocycles. The van der Waals surface area contributed by atoms with Gasteiger partial charge in [-0.15, -0.1) is 11.6 Å². The molecule has 2 rings (SSSR count). The Morgan fingerprint density at radius 3 is 3.00 bits per heavy atom. The molecular formula is C11H13ClN2O. The van der Waals surface area contributed by atoms with Gasteiger partial charge in [0, 0.05) is 12.4 Å². The first-order valence-electron chi connectivity index (χ1n) is 5.06. The number of hydrogen-bond donors (Lipinski definition) is 1. The van der Waals surface area contributed by atoms with E-state index >= 15 is 0 Å². The first kappa shape index (κ1) is 10.3. The summed E-state index contributed by atoms with van der Waals surface area (Å²) in [6.45, 7) is 0.878. The molecule has 0 radical (unpaired) electrons. The SMILES string of the molecule is ClCCCCNc1noc2ccccc12. The van der Waals surface area contributed by atoms with Crippen molar-refractivity contribution in [1.29, 1.82) is 0 Å². The molecule has 0 unspecified atom stereocenters. The minimum absolute atomic E-state index is 0.710. The molecule has 4 heteroatoms. The van der Waals surface area contributed by atoms with Crippen LogP contribution in [0.4, 0.5) is 5.82 Å². The van der Waals surface area contributed by atoms with E-state index in [0.29, 0.717) is 5.88 Å². The fourth-order valence-electron chi connectivity index (χ4n) is 1.44. The van der Waals surface area contributed by atoms with Crippen LogP contribution in [0.1, 0.15) is 12.8 Å². The molecule has 3 nitrogen and oxygen atoms in total. The minimum Gasteiger partial charge on any atom is -0.367 e. The van der Waals surface area contributed by atoms with Gasteiger partial charge in [-0.2, -0.15) is 0 Å². The average Bonchev–Trinajstić information content (AvgIpc) is 2.68. The molecule has 0 bridgehead atoms. The fraction of sp³-hybridized carbons (Fsp3) is 0.364. The number of para-hydroxylation sites is 1. The Morgan fingerprint density at radius 2 is 2.13 bits per heavy atom. The minimum atomic E-state index is 0.710. The summed E-state index contributed by atoms with van der Waals surface area (Å²) in [5, 5.41) is 8.24. The second kappa shape index (κ2) is 5.03. The quantitative estimate of drug-likeness (QED) is 0.626. The van der Waals surface area contributed by atoms with Gasteiger partial charge in [0.15, 0.2) is 11.4 Å². The molecule has 2 aromatic rings.